The van der Waals surface area contributed by atoms with Crippen LogP contribution < -0.4 is 5.32 Å². The predicted molar refractivity (Wildman–Crippen MR) is 59.9 cm³/mol. The monoisotopic (exact) mass is 213 g/mol. The standard InChI is InChI=1S/C11H15NO.ClH/c13-11-8-12-7-6-10(11)9-4-2-1-3-5-9;/h1-5,10-13H,6-8H2;1H. The Morgan fingerprint density at radius 3 is 2.57 bits per heavy atom. The first-order valence-electron chi connectivity index (χ1n) is 4.81. The molecule has 0 saturated carbocycles. The fourth-order valence-corrected chi connectivity index (χ4v) is 1.93. The van der Waals surface area contributed by atoms with Gasteiger partial charge in [0.05, 0.1) is 6.10 Å². The van der Waals surface area contributed by atoms with E-state index in [1.54, 1.807) is 0 Å². The number of piperidine rings is 1. The van der Waals surface area contributed by atoms with Gasteiger partial charge < -0.3 is 10.4 Å². The average molecular weight is 214 g/mol. The van der Waals surface area contributed by atoms with Crippen molar-refractivity contribution in [3.63, 3.8) is 0 Å². The molecule has 2 rings (SSSR count). The second-order valence-electron chi connectivity index (χ2n) is 3.58. The first kappa shape index (κ1) is 11.5. The molecule has 2 unspecified atom stereocenters. The van der Waals surface area contributed by atoms with Crippen LogP contribution in [0.5, 0.6) is 0 Å². The van der Waals surface area contributed by atoms with E-state index in [1.165, 1.54) is 5.56 Å². The van der Waals surface area contributed by atoms with Gasteiger partial charge in [-0.3, -0.25) is 0 Å². The molecular weight excluding hydrogens is 198 g/mol. The van der Waals surface area contributed by atoms with Crippen molar-refractivity contribution in [2.75, 3.05) is 13.1 Å². The summed E-state index contributed by atoms with van der Waals surface area (Å²) in [6.07, 6.45) is 0.807. The summed E-state index contributed by atoms with van der Waals surface area (Å²) in [5.41, 5.74) is 1.26. The van der Waals surface area contributed by atoms with Crippen molar-refractivity contribution in [2.45, 2.75) is 18.4 Å². The molecule has 0 amide bonds. The molecule has 1 fully saturated rings. The van der Waals surface area contributed by atoms with Crippen molar-refractivity contribution >= 4 is 12.4 Å². The van der Waals surface area contributed by atoms with Crippen molar-refractivity contribution in [2.24, 2.45) is 0 Å². The predicted octanol–water partition coefficient (Wildman–Crippen LogP) is 1.55. The number of β-amino-alcohol motifs (C(OH)–C–C–N with tert-alkyl or cyclic N) is 1. The molecule has 1 heterocycles. The van der Waals surface area contributed by atoms with E-state index in [-0.39, 0.29) is 18.5 Å². The summed E-state index contributed by atoms with van der Waals surface area (Å²) in [7, 11) is 0. The van der Waals surface area contributed by atoms with Crippen LogP contribution in [0.2, 0.25) is 0 Å². The molecule has 1 aliphatic rings. The van der Waals surface area contributed by atoms with E-state index in [4.69, 9.17) is 0 Å². The Balaban J connectivity index is 0.000000980. The minimum atomic E-state index is -0.226. The molecule has 1 aromatic carbocycles. The van der Waals surface area contributed by atoms with Crippen molar-refractivity contribution in [3.8, 4) is 0 Å². The van der Waals surface area contributed by atoms with Crippen LogP contribution in [0, 0.1) is 0 Å². The van der Waals surface area contributed by atoms with E-state index >= 15 is 0 Å². The molecule has 2 N–H and O–H groups in total. The molecule has 0 aromatic heterocycles. The topological polar surface area (TPSA) is 32.3 Å². The summed E-state index contributed by atoms with van der Waals surface area (Å²) in [6.45, 7) is 1.73. The summed E-state index contributed by atoms with van der Waals surface area (Å²) >= 11 is 0. The minimum absolute atomic E-state index is 0. The van der Waals surface area contributed by atoms with Gasteiger partial charge >= 0.3 is 0 Å². The highest BCUT2D eigenvalue weighted by molar-refractivity contribution is 5.85. The van der Waals surface area contributed by atoms with Crippen LogP contribution in [0.25, 0.3) is 0 Å². The number of hydrogen-bond acceptors (Lipinski definition) is 2. The zero-order chi connectivity index (χ0) is 9.10. The van der Waals surface area contributed by atoms with E-state index in [0.29, 0.717) is 5.92 Å². The highest BCUT2D eigenvalue weighted by Crippen LogP contribution is 2.24. The second kappa shape index (κ2) is 5.35. The summed E-state index contributed by atoms with van der Waals surface area (Å²) in [5, 5.41) is 12.9. The Morgan fingerprint density at radius 2 is 1.93 bits per heavy atom. The van der Waals surface area contributed by atoms with Crippen molar-refractivity contribution < 1.29 is 5.11 Å². The van der Waals surface area contributed by atoms with E-state index in [9.17, 15) is 5.11 Å². The zero-order valence-electron chi connectivity index (χ0n) is 8.02. The summed E-state index contributed by atoms with van der Waals surface area (Å²) in [5.74, 6) is 0.322. The van der Waals surface area contributed by atoms with Crippen molar-refractivity contribution in [3.05, 3.63) is 35.9 Å². The normalized spacial score (nSPS) is 26.6. The quantitative estimate of drug-likeness (QED) is 0.742. The summed E-state index contributed by atoms with van der Waals surface area (Å²) in [4.78, 5) is 0. The highest BCUT2D eigenvalue weighted by atomic mass is 35.5. The SMILES string of the molecule is Cl.OC1CNCCC1c1ccccc1. The molecule has 1 aromatic rings. The Hall–Kier alpha value is -0.570. The lowest BCUT2D eigenvalue weighted by Crippen LogP contribution is -2.39. The molecule has 0 radical (unpaired) electrons. The molecule has 78 valence electrons. The largest absolute Gasteiger partial charge is 0.391 e. The van der Waals surface area contributed by atoms with Gasteiger partial charge in [0.15, 0.2) is 0 Å². The third kappa shape index (κ3) is 2.47. The molecule has 0 aliphatic carbocycles. The molecule has 1 saturated heterocycles. The lowest BCUT2D eigenvalue weighted by molar-refractivity contribution is 0.118. The lowest BCUT2D eigenvalue weighted by atomic mass is 9.88. The van der Waals surface area contributed by atoms with Crippen LogP contribution in [0.4, 0.5) is 0 Å². The van der Waals surface area contributed by atoms with E-state index in [1.807, 2.05) is 18.2 Å². The summed E-state index contributed by atoms with van der Waals surface area (Å²) < 4.78 is 0. The molecule has 2 nitrogen and oxygen atoms in total. The van der Waals surface area contributed by atoms with E-state index in [0.717, 1.165) is 19.5 Å². The maximum Gasteiger partial charge on any atom is 0.0733 e. The number of rotatable bonds is 1. The van der Waals surface area contributed by atoms with Gasteiger partial charge in [-0.1, -0.05) is 30.3 Å². The molecule has 0 spiro atoms. The second-order valence-corrected chi connectivity index (χ2v) is 3.58. The Morgan fingerprint density at radius 1 is 1.21 bits per heavy atom. The fourth-order valence-electron chi connectivity index (χ4n) is 1.93. The third-order valence-corrected chi connectivity index (χ3v) is 2.68. The first-order valence-corrected chi connectivity index (χ1v) is 4.81. The van der Waals surface area contributed by atoms with Crippen molar-refractivity contribution in [1.82, 2.24) is 5.32 Å². The van der Waals surface area contributed by atoms with Gasteiger partial charge in [-0.25, -0.2) is 0 Å². The Labute approximate surface area is 90.7 Å². The Kier molecular flexibility index (Phi) is 4.39. The van der Waals surface area contributed by atoms with Crippen molar-refractivity contribution in [1.29, 1.82) is 0 Å². The van der Waals surface area contributed by atoms with Crippen LogP contribution in [0.15, 0.2) is 30.3 Å². The van der Waals surface area contributed by atoms with Crippen LogP contribution >= 0.6 is 12.4 Å². The van der Waals surface area contributed by atoms with Gasteiger partial charge in [-0.15, -0.1) is 12.4 Å². The van der Waals surface area contributed by atoms with Gasteiger partial charge in [0.25, 0.3) is 0 Å². The Bertz CT molecular complexity index is 265. The molecule has 0 bridgehead atoms. The smallest absolute Gasteiger partial charge is 0.0733 e. The van der Waals surface area contributed by atoms with Gasteiger partial charge in [0.2, 0.25) is 0 Å². The van der Waals surface area contributed by atoms with E-state index < -0.39 is 0 Å². The fraction of sp³-hybridized carbons (Fsp3) is 0.455. The maximum atomic E-state index is 9.76. The summed E-state index contributed by atoms with van der Waals surface area (Å²) in [6, 6.07) is 10.3. The van der Waals surface area contributed by atoms with Gasteiger partial charge in [-0.2, -0.15) is 0 Å². The minimum Gasteiger partial charge on any atom is -0.391 e. The highest BCUT2D eigenvalue weighted by Gasteiger charge is 2.23. The number of benzene rings is 1. The number of aliphatic hydroxyl groups excluding tert-OH is 1. The third-order valence-electron chi connectivity index (χ3n) is 2.68. The molecule has 14 heavy (non-hydrogen) atoms. The zero-order valence-corrected chi connectivity index (χ0v) is 8.83. The molecule has 1 aliphatic heterocycles. The maximum absolute atomic E-state index is 9.76. The lowest BCUT2D eigenvalue weighted by Gasteiger charge is -2.28. The van der Waals surface area contributed by atoms with Gasteiger partial charge in [0, 0.05) is 12.5 Å². The van der Waals surface area contributed by atoms with Crippen LogP contribution in [0.1, 0.15) is 17.9 Å². The number of nitrogens with one attached hydrogen (secondary N) is 1. The molecule has 3 heteroatoms. The van der Waals surface area contributed by atoms with Gasteiger partial charge in [-0.05, 0) is 18.5 Å². The number of halogens is 1. The van der Waals surface area contributed by atoms with Gasteiger partial charge in [0.1, 0.15) is 0 Å². The first-order chi connectivity index (χ1) is 6.38. The van der Waals surface area contributed by atoms with Crippen LogP contribution in [-0.2, 0) is 0 Å². The van der Waals surface area contributed by atoms with Crippen LogP contribution in [0.3, 0.4) is 0 Å². The number of aliphatic hydroxyl groups is 1. The van der Waals surface area contributed by atoms with Crippen LogP contribution in [-0.4, -0.2) is 24.3 Å². The average Bonchev–Trinajstić information content (AvgIpc) is 2.20. The molecule has 2 atom stereocenters. The molecular formula is C11H16ClNO. The van der Waals surface area contributed by atoms with E-state index in [2.05, 4.69) is 17.4 Å². The number of hydrogen-bond donors (Lipinski definition) is 2.